The second-order valence-electron chi connectivity index (χ2n) is 6.79. The first kappa shape index (κ1) is 20.7. The van der Waals surface area contributed by atoms with Gasteiger partial charge in [0.1, 0.15) is 10.7 Å². The van der Waals surface area contributed by atoms with Crippen LogP contribution in [0.5, 0.6) is 0 Å². The molecule has 1 aromatic carbocycles. The van der Waals surface area contributed by atoms with Crippen LogP contribution in [0.4, 0.5) is 4.39 Å². The third-order valence-electron chi connectivity index (χ3n) is 4.81. The van der Waals surface area contributed by atoms with Crippen LogP contribution in [0.3, 0.4) is 0 Å². The number of ether oxygens (including phenoxy) is 2. The average molecular weight is 414 g/mol. The lowest BCUT2D eigenvalue weighted by atomic mass is 10.2. The number of nitrogens with zero attached hydrogens (tertiary/aromatic N) is 1. The molecule has 0 unspecified atom stereocenters. The van der Waals surface area contributed by atoms with E-state index in [2.05, 4.69) is 5.32 Å². The molecule has 3 rings (SSSR count). The lowest BCUT2D eigenvalue weighted by Gasteiger charge is -2.26. The molecule has 1 aromatic rings. The lowest BCUT2D eigenvalue weighted by molar-refractivity contribution is -0.124. The maximum absolute atomic E-state index is 14.2. The summed E-state index contributed by atoms with van der Waals surface area (Å²) in [5.41, 5.74) is -0.137. The van der Waals surface area contributed by atoms with Crippen molar-refractivity contribution in [2.24, 2.45) is 0 Å². The van der Waals surface area contributed by atoms with E-state index in [4.69, 9.17) is 9.47 Å². The van der Waals surface area contributed by atoms with E-state index in [1.807, 2.05) is 0 Å². The number of morpholine rings is 1. The molecule has 1 aliphatic carbocycles. The first-order valence-corrected chi connectivity index (χ1v) is 10.7. The maximum Gasteiger partial charge on any atom is 0.338 e. The van der Waals surface area contributed by atoms with Gasteiger partial charge < -0.3 is 14.8 Å². The van der Waals surface area contributed by atoms with Crippen LogP contribution in [0.15, 0.2) is 23.1 Å². The Hall–Kier alpha value is -2.04. The number of halogens is 1. The number of nitrogens with one attached hydrogen (secondary N) is 1. The molecule has 0 atom stereocenters. The second kappa shape index (κ2) is 8.97. The largest absolute Gasteiger partial charge is 0.452 e. The van der Waals surface area contributed by atoms with Gasteiger partial charge in [-0.15, -0.1) is 0 Å². The average Bonchev–Trinajstić information content (AvgIpc) is 3.20. The van der Waals surface area contributed by atoms with E-state index in [1.165, 1.54) is 0 Å². The molecule has 1 heterocycles. The van der Waals surface area contributed by atoms with Gasteiger partial charge in [0.25, 0.3) is 5.91 Å². The molecule has 1 saturated carbocycles. The summed E-state index contributed by atoms with van der Waals surface area (Å²) < 4.78 is 50.7. The molecule has 1 N–H and O–H groups in total. The zero-order chi connectivity index (χ0) is 20.1. The number of hydrogen-bond donors (Lipinski definition) is 1. The van der Waals surface area contributed by atoms with Crippen molar-refractivity contribution in [3.8, 4) is 0 Å². The molecule has 28 heavy (non-hydrogen) atoms. The number of benzene rings is 1. The molecule has 8 nitrogen and oxygen atoms in total. The van der Waals surface area contributed by atoms with Crippen molar-refractivity contribution in [1.29, 1.82) is 0 Å². The highest BCUT2D eigenvalue weighted by Crippen LogP contribution is 2.22. The summed E-state index contributed by atoms with van der Waals surface area (Å²) in [5, 5.41) is 2.78. The number of sulfonamides is 1. The Labute approximate surface area is 163 Å². The molecule has 0 radical (unpaired) electrons. The van der Waals surface area contributed by atoms with Crippen molar-refractivity contribution in [2.45, 2.75) is 36.6 Å². The molecule has 0 aromatic heterocycles. The van der Waals surface area contributed by atoms with Crippen molar-refractivity contribution in [1.82, 2.24) is 9.62 Å². The SMILES string of the molecule is O=C(COC(=O)c1ccc(F)c(S(=O)(=O)N2CCOCC2)c1)NC1CCCC1. The van der Waals surface area contributed by atoms with Crippen molar-refractivity contribution in [3.05, 3.63) is 29.6 Å². The molecule has 154 valence electrons. The van der Waals surface area contributed by atoms with Gasteiger partial charge in [-0.1, -0.05) is 12.8 Å². The highest BCUT2D eigenvalue weighted by molar-refractivity contribution is 7.89. The Kier molecular flexibility index (Phi) is 6.63. The number of carbonyl (C=O) groups excluding carboxylic acids is 2. The summed E-state index contributed by atoms with van der Waals surface area (Å²) in [4.78, 5) is 23.5. The maximum atomic E-state index is 14.2. The van der Waals surface area contributed by atoms with Crippen LogP contribution in [0.1, 0.15) is 36.0 Å². The Morgan fingerprint density at radius 3 is 2.57 bits per heavy atom. The summed E-state index contributed by atoms with van der Waals surface area (Å²) in [6.45, 7) is 0.186. The molecule has 1 saturated heterocycles. The van der Waals surface area contributed by atoms with Crippen LogP contribution < -0.4 is 5.32 Å². The molecule has 1 amide bonds. The van der Waals surface area contributed by atoms with E-state index in [9.17, 15) is 22.4 Å². The van der Waals surface area contributed by atoms with Gasteiger partial charge in [0.05, 0.1) is 18.8 Å². The Morgan fingerprint density at radius 2 is 1.89 bits per heavy atom. The van der Waals surface area contributed by atoms with Crippen molar-refractivity contribution in [3.63, 3.8) is 0 Å². The first-order valence-electron chi connectivity index (χ1n) is 9.22. The Balaban J connectivity index is 1.66. The minimum absolute atomic E-state index is 0.0993. The van der Waals surface area contributed by atoms with Crippen LogP contribution in [0.25, 0.3) is 0 Å². The minimum Gasteiger partial charge on any atom is -0.452 e. The monoisotopic (exact) mass is 414 g/mol. The van der Waals surface area contributed by atoms with Gasteiger partial charge in [0.2, 0.25) is 10.0 Å². The number of esters is 1. The van der Waals surface area contributed by atoms with E-state index in [0.29, 0.717) is 0 Å². The van der Waals surface area contributed by atoms with E-state index < -0.39 is 39.2 Å². The van der Waals surface area contributed by atoms with Gasteiger partial charge in [-0.2, -0.15) is 4.31 Å². The second-order valence-corrected chi connectivity index (χ2v) is 8.69. The molecule has 1 aliphatic heterocycles. The fourth-order valence-electron chi connectivity index (χ4n) is 3.31. The van der Waals surface area contributed by atoms with E-state index in [1.54, 1.807) is 0 Å². The van der Waals surface area contributed by atoms with Gasteiger partial charge in [0, 0.05) is 19.1 Å². The zero-order valence-electron chi connectivity index (χ0n) is 15.4. The van der Waals surface area contributed by atoms with Gasteiger partial charge >= 0.3 is 5.97 Å². The summed E-state index contributed by atoms with van der Waals surface area (Å²) in [6, 6.07) is 3.08. The third-order valence-corrected chi connectivity index (χ3v) is 6.72. The van der Waals surface area contributed by atoms with Crippen molar-refractivity contribution >= 4 is 21.9 Å². The normalized spacial score (nSPS) is 18.8. The molecule has 2 fully saturated rings. The number of carbonyl (C=O) groups is 2. The molecule has 2 aliphatic rings. The van der Waals surface area contributed by atoms with E-state index in [-0.39, 0.29) is 37.9 Å². The summed E-state index contributed by atoms with van der Waals surface area (Å²) >= 11 is 0. The predicted octanol–water partition coefficient (Wildman–Crippen LogP) is 1.06. The molecule has 10 heteroatoms. The van der Waals surface area contributed by atoms with Gasteiger partial charge in [-0.25, -0.2) is 17.6 Å². The first-order chi connectivity index (χ1) is 13.4. The van der Waals surface area contributed by atoms with Gasteiger partial charge in [-0.3, -0.25) is 4.79 Å². The fraction of sp³-hybridized carbons (Fsp3) is 0.556. The van der Waals surface area contributed by atoms with Crippen molar-refractivity contribution < 1.29 is 31.9 Å². The van der Waals surface area contributed by atoms with Crippen molar-refractivity contribution in [2.75, 3.05) is 32.9 Å². The summed E-state index contributed by atoms with van der Waals surface area (Å²) in [7, 11) is -4.10. The highest BCUT2D eigenvalue weighted by Gasteiger charge is 2.30. The highest BCUT2D eigenvalue weighted by atomic mass is 32.2. The molecular weight excluding hydrogens is 391 g/mol. The third kappa shape index (κ3) is 4.86. The summed E-state index contributed by atoms with van der Waals surface area (Å²) in [6.07, 6.45) is 3.92. The molecule has 0 spiro atoms. The van der Waals surface area contributed by atoms with Crippen LogP contribution in [0.2, 0.25) is 0 Å². The number of amides is 1. The lowest BCUT2D eigenvalue weighted by Crippen LogP contribution is -2.41. The Morgan fingerprint density at radius 1 is 1.21 bits per heavy atom. The van der Waals surface area contributed by atoms with Crippen LogP contribution in [-0.4, -0.2) is 63.6 Å². The number of rotatable bonds is 6. The summed E-state index contributed by atoms with van der Waals surface area (Å²) in [5.74, 6) is -2.26. The standard InChI is InChI=1S/C18H23FN2O6S/c19-15-6-5-13(11-16(15)28(24,25)21-7-9-26-10-8-21)18(23)27-12-17(22)20-14-3-1-2-4-14/h5-6,11,14H,1-4,7-10,12H2,(H,20,22). The van der Waals surface area contributed by atoms with E-state index in [0.717, 1.165) is 48.2 Å². The Bertz CT molecular complexity index is 832. The quantitative estimate of drug-likeness (QED) is 0.699. The van der Waals surface area contributed by atoms with Crippen LogP contribution in [-0.2, 0) is 24.3 Å². The van der Waals surface area contributed by atoms with Gasteiger partial charge in [-0.05, 0) is 31.0 Å². The molecule has 0 bridgehead atoms. The topological polar surface area (TPSA) is 102 Å². The minimum atomic E-state index is -4.10. The smallest absolute Gasteiger partial charge is 0.338 e. The fourth-order valence-corrected chi connectivity index (χ4v) is 4.81. The van der Waals surface area contributed by atoms with Crippen LogP contribution >= 0.6 is 0 Å². The number of hydrogen-bond acceptors (Lipinski definition) is 6. The van der Waals surface area contributed by atoms with Crippen LogP contribution in [0, 0.1) is 5.82 Å². The molecular formula is C18H23FN2O6S. The van der Waals surface area contributed by atoms with Gasteiger partial charge in [0.15, 0.2) is 6.61 Å². The predicted molar refractivity (Wildman–Crippen MR) is 96.7 cm³/mol. The van der Waals surface area contributed by atoms with E-state index >= 15 is 0 Å². The zero-order valence-corrected chi connectivity index (χ0v) is 16.2.